The lowest BCUT2D eigenvalue weighted by molar-refractivity contribution is 0.211. The van der Waals surface area contributed by atoms with Crippen molar-refractivity contribution < 1.29 is 0 Å². The van der Waals surface area contributed by atoms with E-state index in [4.69, 9.17) is 0 Å². The van der Waals surface area contributed by atoms with Crippen LogP contribution >= 0.6 is 11.3 Å². The van der Waals surface area contributed by atoms with E-state index in [-0.39, 0.29) is 0 Å². The summed E-state index contributed by atoms with van der Waals surface area (Å²) in [4.78, 5) is 3.07. The molecule has 1 N–H and O–H groups in total. The summed E-state index contributed by atoms with van der Waals surface area (Å²) in [6.45, 7) is 10.3. The standard InChI is InChI=1S/C18H31NS/c1-5-10-19-18(17-11-13(3)14(4)20-17)16-9-7-8-15(6-2)12-16/h11,15-16,18-19H,5-10,12H2,1-4H3. The second kappa shape index (κ2) is 7.61. The summed E-state index contributed by atoms with van der Waals surface area (Å²) in [6.07, 6.45) is 8.30. The Morgan fingerprint density at radius 3 is 2.70 bits per heavy atom. The molecule has 3 atom stereocenters. The van der Waals surface area contributed by atoms with Crippen molar-refractivity contribution in [3.05, 3.63) is 21.4 Å². The van der Waals surface area contributed by atoms with Gasteiger partial charge in [-0.1, -0.05) is 33.1 Å². The van der Waals surface area contributed by atoms with E-state index in [9.17, 15) is 0 Å². The van der Waals surface area contributed by atoms with Gasteiger partial charge in [-0.2, -0.15) is 0 Å². The van der Waals surface area contributed by atoms with Crippen LogP contribution in [-0.4, -0.2) is 6.54 Å². The third kappa shape index (κ3) is 3.85. The first-order valence-corrected chi connectivity index (χ1v) is 9.27. The normalized spacial score (nSPS) is 24.8. The van der Waals surface area contributed by atoms with Gasteiger partial charge in [-0.3, -0.25) is 0 Å². The highest BCUT2D eigenvalue weighted by Gasteiger charge is 2.29. The van der Waals surface area contributed by atoms with Crippen LogP contribution in [0, 0.1) is 25.7 Å². The summed E-state index contributed by atoms with van der Waals surface area (Å²) in [7, 11) is 0. The maximum absolute atomic E-state index is 3.85. The van der Waals surface area contributed by atoms with Crippen LogP contribution in [0.1, 0.15) is 73.7 Å². The first kappa shape index (κ1) is 16.0. The van der Waals surface area contributed by atoms with Crippen LogP contribution in [0.2, 0.25) is 0 Å². The molecule has 1 aromatic rings. The van der Waals surface area contributed by atoms with Crippen LogP contribution in [0.5, 0.6) is 0 Å². The van der Waals surface area contributed by atoms with Gasteiger partial charge in [0.25, 0.3) is 0 Å². The van der Waals surface area contributed by atoms with E-state index in [1.54, 1.807) is 4.88 Å². The van der Waals surface area contributed by atoms with E-state index >= 15 is 0 Å². The molecule has 1 aliphatic carbocycles. The Morgan fingerprint density at radius 1 is 1.30 bits per heavy atom. The van der Waals surface area contributed by atoms with Crippen LogP contribution in [0.4, 0.5) is 0 Å². The summed E-state index contributed by atoms with van der Waals surface area (Å²) in [6, 6.07) is 3.03. The number of thiophene rings is 1. The van der Waals surface area contributed by atoms with Crippen molar-refractivity contribution in [3.8, 4) is 0 Å². The Morgan fingerprint density at radius 2 is 2.10 bits per heavy atom. The second-order valence-corrected chi connectivity index (χ2v) is 7.81. The zero-order valence-electron chi connectivity index (χ0n) is 13.7. The molecule has 0 bridgehead atoms. The lowest BCUT2D eigenvalue weighted by Gasteiger charge is -2.34. The van der Waals surface area contributed by atoms with Gasteiger partial charge in [0.2, 0.25) is 0 Å². The van der Waals surface area contributed by atoms with Crippen molar-refractivity contribution in [1.82, 2.24) is 5.32 Å². The number of nitrogens with one attached hydrogen (secondary N) is 1. The average molecular weight is 294 g/mol. The molecule has 20 heavy (non-hydrogen) atoms. The molecule has 1 heterocycles. The van der Waals surface area contributed by atoms with Crippen molar-refractivity contribution in [3.63, 3.8) is 0 Å². The molecule has 1 aromatic heterocycles. The van der Waals surface area contributed by atoms with Crippen LogP contribution in [0.3, 0.4) is 0 Å². The van der Waals surface area contributed by atoms with Crippen LogP contribution in [0.15, 0.2) is 6.07 Å². The second-order valence-electron chi connectivity index (χ2n) is 6.52. The third-order valence-corrected chi connectivity index (χ3v) is 6.21. The number of hydrogen-bond donors (Lipinski definition) is 1. The molecule has 0 aromatic carbocycles. The molecule has 2 rings (SSSR count). The maximum Gasteiger partial charge on any atom is 0.0443 e. The molecule has 1 aliphatic rings. The lowest BCUT2D eigenvalue weighted by Crippen LogP contribution is -2.31. The van der Waals surface area contributed by atoms with Gasteiger partial charge in [0.1, 0.15) is 0 Å². The number of rotatable bonds is 6. The smallest absolute Gasteiger partial charge is 0.0443 e. The van der Waals surface area contributed by atoms with E-state index in [2.05, 4.69) is 39.1 Å². The molecule has 1 fully saturated rings. The van der Waals surface area contributed by atoms with Crippen molar-refractivity contribution in [2.45, 2.75) is 72.3 Å². The van der Waals surface area contributed by atoms with Crippen LogP contribution < -0.4 is 5.32 Å². The van der Waals surface area contributed by atoms with Crippen LogP contribution in [-0.2, 0) is 0 Å². The summed E-state index contributed by atoms with van der Waals surface area (Å²) >= 11 is 2.01. The molecule has 3 unspecified atom stereocenters. The van der Waals surface area contributed by atoms with Gasteiger partial charge in [-0.05, 0) is 63.1 Å². The van der Waals surface area contributed by atoms with Crippen LogP contribution in [0.25, 0.3) is 0 Å². The van der Waals surface area contributed by atoms with Crippen molar-refractivity contribution >= 4 is 11.3 Å². The van der Waals surface area contributed by atoms with Gasteiger partial charge < -0.3 is 5.32 Å². The molecule has 0 saturated heterocycles. The largest absolute Gasteiger partial charge is 0.309 e. The highest BCUT2D eigenvalue weighted by molar-refractivity contribution is 7.12. The Bertz CT molecular complexity index is 390. The molecule has 0 aliphatic heterocycles. The molecule has 1 saturated carbocycles. The van der Waals surface area contributed by atoms with E-state index < -0.39 is 0 Å². The minimum Gasteiger partial charge on any atom is -0.309 e. The number of hydrogen-bond acceptors (Lipinski definition) is 2. The Labute approximate surface area is 129 Å². The first-order valence-electron chi connectivity index (χ1n) is 8.46. The minimum atomic E-state index is 0.599. The van der Waals surface area contributed by atoms with Crippen molar-refractivity contribution in [1.29, 1.82) is 0 Å². The zero-order chi connectivity index (χ0) is 14.5. The monoisotopic (exact) mass is 293 g/mol. The fraction of sp³-hybridized carbons (Fsp3) is 0.778. The molecular formula is C18H31NS. The Hall–Kier alpha value is -0.340. The summed E-state index contributed by atoms with van der Waals surface area (Å²) < 4.78 is 0. The van der Waals surface area contributed by atoms with Crippen molar-refractivity contribution in [2.24, 2.45) is 11.8 Å². The molecule has 0 radical (unpaired) electrons. The SMILES string of the molecule is CCCNC(c1cc(C)c(C)s1)C1CCCC(CC)C1. The van der Waals surface area contributed by atoms with Gasteiger partial charge in [0.05, 0.1) is 0 Å². The molecule has 114 valence electrons. The fourth-order valence-corrected chi connectivity index (χ4v) is 4.77. The third-order valence-electron chi connectivity index (χ3n) is 4.98. The molecule has 0 amide bonds. The Kier molecular flexibility index (Phi) is 6.10. The average Bonchev–Trinajstić information content (AvgIpc) is 2.79. The highest BCUT2D eigenvalue weighted by atomic mass is 32.1. The quantitative estimate of drug-likeness (QED) is 0.717. The van der Waals surface area contributed by atoms with E-state index in [1.807, 2.05) is 11.3 Å². The van der Waals surface area contributed by atoms with Gasteiger partial charge >= 0.3 is 0 Å². The summed E-state index contributed by atoms with van der Waals surface area (Å²) in [5.41, 5.74) is 1.47. The van der Waals surface area contributed by atoms with Gasteiger partial charge in [0, 0.05) is 15.8 Å². The predicted octanol–water partition coefficient (Wildman–Crippen LogP) is 5.62. The number of aryl methyl sites for hydroxylation is 2. The minimum absolute atomic E-state index is 0.599. The first-order chi connectivity index (χ1) is 9.65. The molecule has 1 nitrogen and oxygen atoms in total. The molecule has 2 heteroatoms. The van der Waals surface area contributed by atoms with Gasteiger partial charge in [-0.15, -0.1) is 11.3 Å². The fourth-order valence-electron chi connectivity index (χ4n) is 3.56. The maximum atomic E-state index is 3.85. The summed E-state index contributed by atoms with van der Waals surface area (Å²) in [5, 5.41) is 3.85. The topological polar surface area (TPSA) is 12.0 Å². The van der Waals surface area contributed by atoms with E-state index in [1.165, 1.54) is 49.0 Å². The van der Waals surface area contributed by atoms with Crippen molar-refractivity contribution in [2.75, 3.05) is 6.54 Å². The lowest BCUT2D eigenvalue weighted by atomic mass is 9.76. The van der Waals surface area contributed by atoms with Gasteiger partial charge in [0.15, 0.2) is 0 Å². The van der Waals surface area contributed by atoms with E-state index in [0.29, 0.717) is 6.04 Å². The zero-order valence-corrected chi connectivity index (χ0v) is 14.5. The molecule has 0 spiro atoms. The van der Waals surface area contributed by atoms with E-state index in [0.717, 1.165) is 18.4 Å². The van der Waals surface area contributed by atoms with Gasteiger partial charge in [-0.25, -0.2) is 0 Å². The summed E-state index contributed by atoms with van der Waals surface area (Å²) in [5.74, 6) is 1.81. The molecular weight excluding hydrogens is 262 g/mol. The highest BCUT2D eigenvalue weighted by Crippen LogP contribution is 2.40. The Balaban J connectivity index is 2.13. The predicted molar refractivity (Wildman–Crippen MR) is 90.6 cm³/mol.